The molecule has 0 aliphatic carbocycles. The summed E-state index contributed by atoms with van der Waals surface area (Å²) in [4.78, 5) is 36.6. The molecule has 2 aromatic heterocycles. The van der Waals surface area contributed by atoms with Gasteiger partial charge < -0.3 is 15.1 Å². The number of hydrogen-bond acceptors (Lipinski definition) is 5. The van der Waals surface area contributed by atoms with Gasteiger partial charge in [0, 0.05) is 44.6 Å². The largest absolute Gasteiger partial charge is 0.350 e. The maximum absolute atomic E-state index is 12.3. The van der Waals surface area contributed by atoms with Gasteiger partial charge in [-0.2, -0.15) is 0 Å². The topological polar surface area (TPSA) is 82.8 Å². The number of amides is 2. The Morgan fingerprint density at radius 3 is 3.04 bits per heavy atom. The van der Waals surface area contributed by atoms with Gasteiger partial charge in [0.1, 0.15) is 0 Å². The van der Waals surface area contributed by atoms with Crippen LogP contribution in [0.25, 0.3) is 5.78 Å². The van der Waals surface area contributed by atoms with Crippen LogP contribution in [0.2, 0.25) is 0 Å². The molecule has 1 fully saturated rings. The number of aromatic nitrogens is 3. The maximum Gasteiger partial charge on any atom is 0.233 e. The predicted octanol–water partition coefficient (Wildman–Crippen LogP) is -0.244. The standard InChI is InChI=1S/C16H22N6O2/c1-20(2)6-7-21-10-12(8-14(21)23)15(24)18-9-13-11-22-5-3-4-17-16(22)19-13/h3-5,11-12H,6-10H2,1-2H3,(H,18,24)/t12-/m1/s1. The highest BCUT2D eigenvalue weighted by Crippen LogP contribution is 2.17. The number of carbonyl (C=O) groups is 2. The molecule has 0 radical (unpaired) electrons. The van der Waals surface area contributed by atoms with Crippen LogP contribution < -0.4 is 5.32 Å². The van der Waals surface area contributed by atoms with Gasteiger partial charge in [-0.05, 0) is 20.2 Å². The van der Waals surface area contributed by atoms with Crippen LogP contribution in [-0.4, -0.2) is 69.7 Å². The lowest BCUT2D eigenvalue weighted by molar-refractivity contribution is -0.129. The SMILES string of the molecule is CN(C)CCN1C[C@H](C(=O)NCc2cn3cccnc3n2)CC1=O. The summed E-state index contributed by atoms with van der Waals surface area (Å²) in [7, 11) is 3.93. The van der Waals surface area contributed by atoms with Crippen molar-refractivity contribution in [1.82, 2.24) is 29.5 Å². The smallest absolute Gasteiger partial charge is 0.233 e. The summed E-state index contributed by atoms with van der Waals surface area (Å²) in [6, 6.07) is 1.82. The van der Waals surface area contributed by atoms with E-state index in [-0.39, 0.29) is 24.2 Å². The van der Waals surface area contributed by atoms with E-state index in [9.17, 15) is 9.59 Å². The second-order valence-corrected chi connectivity index (χ2v) is 6.32. The van der Waals surface area contributed by atoms with Gasteiger partial charge in [0.05, 0.1) is 18.2 Å². The highest BCUT2D eigenvalue weighted by molar-refractivity contribution is 5.89. The Kier molecular flexibility index (Phi) is 4.75. The van der Waals surface area contributed by atoms with Crippen molar-refractivity contribution in [2.75, 3.05) is 33.7 Å². The quantitative estimate of drug-likeness (QED) is 0.790. The monoisotopic (exact) mass is 330 g/mol. The van der Waals surface area contributed by atoms with E-state index in [0.717, 1.165) is 12.2 Å². The maximum atomic E-state index is 12.3. The fourth-order valence-corrected chi connectivity index (χ4v) is 2.77. The van der Waals surface area contributed by atoms with Gasteiger partial charge in [-0.25, -0.2) is 9.97 Å². The summed E-state index contributed by atoms with van der Waals surface area (Å²) in [6.07, 6.45) is 5.66. The van der Waals surface area contributed by atoms with Crippen LogP contribution in [0, 0.1) is 5.92 Å². The molecule has 1 aliphatic rings. The zero-order chi connectivity index (χ0) is 17.1. The van der Waals surface area contributed by atoms with E-state index in [0.29, 0.717) is 25.4 Å². The third kappa shape index (κ3) is 3.70. The molecule has 1 aliphatic heterocycles. The van der Waals surface area contributed by atoms with E-state index in [1.165, 1.54) is 0 Å². The van der Waals surface area contributed by atoms with Crippen LogP contribution in [0.3, 0.4) is 0 Å². The Morgan fingerprint density at radius 2 is 2.29 bits per heavy atom. The zero-order valence-electron chi connectivity index (χ0n) is 14.0. The molecule has 3 rings (SSSR count). The van der Waals surface area contributed by atoms with Gasteiger partial charge in [0.15, 0.2) is 0 Å². The molecule has 0 aromatic carbocycles. The number of rotatable bonds is 6. The number of fused-ring (bicyclic) bond motifs is 1. The summed E-state index contributed by atoms with van der Waals surface area (Å²) in [5.41, 5.74) is 0.746. The third-order valence-electron chi connectivity index (χ3n) is 4.13. The molecular formula is C16H22N6O2. The zero-order valence-corrected chi connectivity index (χ0v) is 14.0. The normalized spacial score (nSPS) is 17.9. The van der Waals surface area contributed by atoms with Gasteiger partial charge in [0.25, 0.3) is 0 Å². The first-order valence-corrected chi connectivity index (χ1v) is 8.02. The summed E-state index contributed by atoms with van der Waals surface area (Å²) in [6.45, 7) is 2.29. The lowest BCUT2D eigenvalue weighted by atomic mass is 10.1. The van der Waals surface area contributed by atoms with E-state index in [1.54, 1.807) is 11.1 Å². The number of carbonyl (C=O) groups excluding carboxylic acids is 2. The Bertz CT molecular complexity index is 708. The van der Waals surface area contributed by atoms with Gasteiger partial charge >= 0.3 is 0 Å². The molecule has 128 valence electrons. The number of imidazole rings is 1. The second-order valence-electron chi connectivity index (χ2n) is 6.32. The summed E-state index contributed by atoms with van der Waals surface area (Å²) >= 11 is 0. The van der Waals surface area contributed by atoms with Crippen LogP contribution in [0.15, 0.2) is 24.7 Å². The molecular weight excluding hydrogens is 308 g/mol. The van der Waals surface area contributed by atoms with E-state index in [4.69, 9.17) is 0 Å². The fourth-order valence-electron chi connectivity index (χ4n) is 2.77. The van der Waals surface area contributed by atoms with E-state index >= 15 is 0 Å². The molecule has 8 nitrogen and oxygen atoms in total. The average Bonchev–Trinajstić information content (AvgIpc) is 3.13. The van der Waals surface area contributed by atoms with Gasteiger partial charge in [0.2, 0.25) is 17.6 Å². The Balaban J connectivity index is 1.52. The van der Waals surface area contributed by atoms with E-state index in [2.05, 4.69) is 15.3 Å². The van der Waals surface area contributed by atoms with Crippen LogP contribution in [0.5, 0.6) is 0 Å². The van der Waals surface area contributed by atoms with Crippen molar-refractivity contribution in [2.45, 2.75) is 13.0 Å². The van der Waals surface area contributed by atoms with Crippen molar-refractivity contribution in [3.8, 4) is 0 Å². The number of likely N-dealkylation sites (tertiary alicyclic amines) is 1. The number of nitrogens with zero attached hydrogens (tertiary/aromatic N) is 5. The van der Waals surface area contributed by atoms with Gasteiger partial charge in [-0.15, -0.1) is 0 Å². The highest BCUT2D eigenvalue weighted by Gasteiger charge is 2.33. The van der Waals surface area contributed by atoms with Crippen molar-refractivity contribution in [3.05, 3.63) is 30.4 Å². The second kappa shape index (κ2) is 6.96. The molecule has 0 saturated carbocycles. The van der Waals surface area contributed by atoms with Gasteiger partial charge in [-0.1, -0.05) is 0 Å². The first kappa shape index (κ1) is 16.4. The van der Waals surface area contributed by atoms with Crippen LogP contribution in [-0.2, 0) is 16.1 Å². The van der Waals surface area contributed by atoms with Crippen molar-refractivity contribution in [1.29, 1.82) is 0 Å². The minimum absolute atomic E-state index is 0.0499. The van der Waals surface area contributed by atoms with E-state index in [1.807, 2.05) is 41.9 Å². The van der Waals surface area contributed by atoms with Crippen LogP contribution in [0.1, 0.15) is 12.1 Å². The Labute approximate surface area is 140 Å². The first-order valence-electron chi connectivity index (χ1n) is 8.02. The summed E-state index contributed by atoms with van der Waals surface area (Å²) in [5, 5.41) is 2.88. The molecule has 24 heavy (non-hydrogen) atoms. The number of likely N-dealkylation sites (N-methyl/N-ethyl adjacent to an activating group) is 1. The summed E-state index contributed by atoms with van der Waals surface area (Å²) in [5.74, 6) is 0.275. The lowest BCUT2D eigenvalue weighted by Crippen LogP contribution is -2.35. The molecule has 2 amide bonds. The minimum atomic E-state index is -0.283. The fraction of sp³-hybridized carbons (Fsp3) is 0.500. The number of hydrogen-bond donors (Lipinski definition) is 1. The lowest BCUT2D eigenvalue weighted by Gasteiger charge is -2.19. The van der Waals surface area contributed by atoms with Crippen LogP contribution in [0.4, 0.5) is 0 Å². The molecule has 1 N–H and O–H groups in total. The molecule has 2 aromatic rings. The van der Waals surface area contributed by atoms with Crippen molar-refractivity contribution in [2.24, 2.45) is 5.92 Å². The van der Waals surface area contributed by atoms with Crippen molar-refractivity contribution < 1.29 is 9.59 Å². The Morgan fingerprint density at radius 1 is 1.46 bits per heavy atom. The number of nitrogens with one attached hydrogen (secondary N) is 1. The predicted molar refractivity (Wildman–Crippen MR) is 88.1 cm³/mol. The van der Waals surface area contributed by atoms with Gasteiger partial charge in [-0.3, -0.25) is 14.0 Å². The van der Waals surface area contributed by atoms with Crippen LogP contribution >= 0.6 is 0 Å². The average molecular weight is 330 g/mol. The van der Waals surface area contributed by atoms with E-state index < -0.39 is 0 Å². The minimum Gasteiger partial charge on any atom is -0.350 e. The molecule has 1 saturated heterocycles. The molecule has 0 unspecified atom stereocenters. The third-order valence-corrected chi connectivity index (χ3v) is 4.13. The molecule has 0 bridgehead atoms. The highest BCUT2D eigenvalue weighted by atomic mass is 16.2. The molecule has 0 spiro atoms. The molecule has 1 atom stereocenters. The first-order chi connectivity index (χ1) is 11.5. The summed E-state index contributed by atoms with van der Waals surface area (Å²) < 4.78 is 1.81. The molecule has 3 heterocycles. The molecule has 8 heteroatoms. The van der Waals surface area contributed by atoms with Crippen molar-refractivity contribution in [3.63, 3.8) is 0 Å². The Hall–Kier alpha value is -2.48. The van der Waals surface area contributed by atoms with Crippen molar-refractivity contribution >= 4 is 17.6 Å².